The van der Waals surface area contributed by atoms with Gasteiger partial charge in [0, 0.05) is 5.56 Å². The number of carbonyl (C=O) groups is 1. The van der Waals surface area contributed by atoms with Crippen LogP contribution in [0.3, 0.4) is 0 Å². The molecule has 0 aliphatic rings. The maximum absolute atomic E-state index is 14.5. The molecule has 0 bridgehead atoms. The highest BCUT2D eigenvalue weighted by Gasteiger charge is 2.37. The number of carbonyl (C=O) groups excluding carboxylic acids is 1. The van der Waals surface area contributed by atoms with Crippen molar-refractivity contribution in [3.05, 3.63) is 95.1 Å². The smallest absolute Gasteiger partial charge is 0.460 e. The first kappa shape index (κ1) is 25.3. The lowest BCUT2D eigenvalue weighted by molar-refractivity contribution is -0.146. The summed E-state index contributed by atoms with van der Waals surface area (Å²) < 4.78 is 85.1. The Labute approximate surface area is 193 Å². The summed E-state index contributed by atoms with van der Waals surface area (Å²) in [7, 11) is -4.80. The first-order valence-electron chi connectivity index (χ1n) is 9.96. The molecule has 0 radical (unpaired) electrons. The van der Waals surface area contributed by atoms with Gasteiger partial charge in [-0.2, -0.15) is 9.48 Å². The van der Waals surface area contributed by atoms with Crippen molar-refractivity contribution in [2.45, 2.75) is 26.5 Å². The predicted octanol–water partition coefficient (Wildman–Crippen LogP) is 5.84. The van der Waals surface area contributed by atoms with Crippen molar-refractivity contribution >= 4 is 13.7 Å². The maximum atomic E-state index is 14.5. The largest absolute Gasteiger partial charge is 0.513 e. The van der Waals surface area contributed by atoms with Crippen molar-refractivity contribution in [3.63, 3.8) is 0 Å². The zero-order valence-corrected chi connectivity index (χ0v) is 19.0. The standard InChI is InChI=1S/C23H20F4NO5P/c1-14-18(24)20(26)21(27)22(19(14)25)33-34(30,32-17-11-7-4-8-12-17)28-15(2)23(29)31-13-16-9-5-3-6-10-16/h3-12,15H,13H2,1-2H3,(H,28,30)/t15-,34-/m0/s1. The third kappa shape index (κ3) is 5.95. The Morgan fingerprint density at radius 3 is 2.09 bits per heavy atom. The molecular weight excluding hydrogens is 477 g/mol. The van der Waals surface area contributed by atoms with E-state index in [0.717, 1.165) is 6.92 Å². The highest BCUT2D eigenvalue weighted by Crippen LogP contribution is 2.47. The van der Waals surface area contributed by atoms with E-state index in [1.165, 1.54) is 31.2 Å². The number of ether oxygens (including phenoxy) is 1. The molecule has 3 aromatic rings. The van der Waals surface area contributed by atoms with Gasteiger partial charge >= 0.3 is 13.7 Å². The molecule has 0 spiro atoms. The fourth-order valence-electron chi connectivity index (χ4n) is 2.76. The molecule has 0 amide bonds. The van der Waals surface area contributed by atoms with Crippen molar-refractivity contribution < 1.29 is 40.7 Å². The summed E-state index contributed by atoms with van der Waals surface area (Å²) in [5, 5.41) is 2.22. The van der Waals surface area contributed by atoms with Crippen LogP contribution < -0.4 is 14.1 Å². The molecule has 34 heavy (non-hydrogen) atoms. The Hall–Kier alpha value is -3.36. The van der Waals surface area contributed by atoms with Gasteiger partial charge in [0.1, 0.15) is 18.4 Å². The van der Waals surface area contributed by atoms with Crippen molar-refractivity contribution in [2.24, 2.45) is 0 Å². The Morgan fingerprint density at radius 1 is 0.882 bits per heavy atom. The highest BCUT2D eigenvalue weighted by molar-refractivity contribution is 7.52. The summed E-state index contributed by atoms with van der Waals surface area (Å²) in [6.07, 6.45) is 0. The Kier molecular flexibility index (Phi) is 7.96. The molecular formula is C23H20F4NO5P. The van der Waals surface area contributed by atoms with Crippen LogP contribution in [0.5, 0.6) is 11.5 Å². The van der Waals surface area contributed by atoms with Crippen LogP contribution in [0.1, 0.15) is 18.1 Å². The third-order valence-corrected chi connectivity index (χ3v) is 6.13. The van der Waals surface area contributed by atoms with Gasteiger partial charge in [0.05, 0.1) is 0 Å². The number of benzene rings is 3. The summed E-state index contributed by atoms with van der Waals surface area (Å²) >= 11 is 0. The van der Waals surface area contributed by atoms with Crippen LogP contribution in [-0.4, -0.2) is 12.0 Å². The van der Waals surface area contributed by atoms with E-state index in [1.54, 1.807) is 36.4 Å². The molecule has 0 aliphatic heterocycles. The third-order valence-electron chi connectivity index (χ3n) is 4.55. The van der Waals surface area contributed by atoms with Crippen LogP contribution in [0.2, 0.25) is 0 Å². The summed E-state index contributed by atoms with van der Waals surface area (Å²) in [5.74, 6) is -9.83. The molecule has 2 atom stereocenters. The predicted molar refractivity (Wildman–Crippen MR) is 115 cm³/mol. The average molecular weight is 497 g/mol. The molecule has 0 aliphatic carbocycles. The van der Waals surface area contributed by atoms with Gasteiger partial charge in [-0.25, -0.2) is 17.7 Å². The molecule has 0 heterocycles. The highest BCUT2D eigenvalue weighted by atomic mass is 31.2. The van der Waals surface area contributed by atoms with Crippen LogP contribution in [0.25, 0.3) is 0 Å². The number of esters is 1. The molecule has 1 N–H and O–H groups in total. The number of rotatable bonds is 9. The molecule has 0 unspecified atom stereocenters. The number of nitrogens with one attached hydrogen (secondary N) is 1. The second-order valence-electron chi connectivity index (χ2n) is 7.15. The molecule has 3 rings (SSSR count). The van der Waals surface area contributed by atoms with E-state index in [4.69, 9.17) is 13.8 Å². The topological polar surface area (TPSA) is 73.9 Å². The molecule has 0 saturated carbocycles. The van der Waals surface area contributed by atoms with Crippen LogP contribution >= 0.6 is 7.75 Å². The Bertz CT molecular complexity index is 1180. The van der Waals surface area contributed by atoms with E-state index < -0.39 is 54.3 Å². The summed E-state index contributed by atoms with van der Waals surface area (Å²) in [4.78, 5) is 12.4. The van der Waals surface area contributed by atoms with E-state index in [-0.39, 0.29) is 12.4 Å². The molecule has 0 aromatic heterocycles. The van der Waals surface area contributed by atoms with E-state index in [0.29, 0.717) is 5.56 Å². The van der Waals surface area contributed by atoms with Crippen molar-refractivity contribution in [1.82, 2.24) is 5.09 Å². The molecule has 0 fully saturated rings. The average Bonchev–Trinajstić information content (AvgIpc) is 2.84. The van der Waals surface area contributed by atoms with Gasteiger partial charge in [-0.1, -0.05) is 48.5 Å². The second-order valence-corrected chi connectivity index (χ2v) is 8.77. The first-order chi connectivity index (χ1) is 16.1. The monoisotopic (exact) mass is 497 g/mol. The number of hydrogen-bond acceptors (Lipinski definition) is 5. The minimum atomic E-state index is -4.80. The second kappa shape index (κ2) is 10.7. The van der Waals surface area contributed by atoms with Gasteiger partial charge in [0.25, 0.3) is 0 Å². The summed E-state index contributed by atoms with van der Waals surface area (Å²) in [6, 6.07) is 14.7. The van der Waals surface area contributed by atoms with Gasteiger partial charge in [-0.3, -0.25) is 4.79 Å². The van der Waals surface area contributed by atoms with Crippen LogP contribution in [-0.2, 0) is 20.7 Å². The van der Waals surface area contributed by atoms with Gasteiger partial charge < -0.3 is 13.8 Å². The van der Waals surface area contributed by atoms with Crippen molar-refractivity contribution in [2.75, 3.05) is 0 Å². The summed E-state index contributed by atoms with van der Waals surface area (Å²) in [6.45, 7) is 2.00. The van der Waals surface area contributed by atoms with Gasteiger partial charge in [-0.15, -0.1) is 0 Å². The zero-order valence-electron chi connectivity index (χ0n) is 18.1. The van der Waals surface area contributed by atoms with Crippen LogP contribution in [0, 0.1) is 30.2 Å². The quantitative estimate of drug-likeness (QED) is 0.132. The van der Waals surface area contributed by atoms with Crippen molar-refractivity contribution in [1.29, 1.82) is 0 Å². The molecule has 180 valence electrons. The zero-order chi connectivity index (χ0) is 24.9. The summed E-state index contributed by atoms with van der Waals surface area (Å²) in [5.41, 5.74) is -0.208. The van der Waals surface area contributed by atoms with E-state index in [1.807, 2.05) is 0 Å². The van der Waals surface area contributed by atoms with Gasteiger partial charge in [-0.05, 0) is 31.5 Å². The Morgan fingerprint density at radius 2 is 1.47 bits per heavy atom. The number of hydrogen-bond donors (Lipinski definition) is 1. The minimum absolute atomic E-state index is 0.0525. The molecule has 3 aromatic carbocycles. The normalized spacial score (nSPS) is 13.6. The molecule has 6 nitrogen and oxygen atoms in total. The fourth-order valence-corrected chi connectivity index (χ4v) is 4.28. The van der Waals surface area contributed by atoms with E-state index in [2.05, 4.69) is 5.09 Å². The lowest BCUT2D eigenvalue weighted by atomic mass is 10.2. The van der Waals surface area contributed by atoms with Crippen molar-refractivity contribution in [3.8, 4) is 11.5 Å². The number of para-hydroxylation sites is 1. The minimum Gasteiger partial charge on any atom is -0.460 e. The molecule has 11 heteroatoms. The van der Waals surface area contributed by atoms with E-state index >= 15 is 0 Å². The van der Waals surface area contributed by atoms with Gasteiger partial charge in [0.2, 0.25) is 11.6 Å². The maximum Gasteiger partial charge on any atom is 0.513 e. The SMILES string of the molecule is Cc1c(F)c(F)c(F)c(O[P@](=O)(N[C@@H](C)C(=O)OCc2ccccc2)Oc2ccccc2)c1F. The molecule has 0 saturated heterocycles. The lowest BCUT2D eigenvalue weighted by Crippen LogP contribution is -2.36. The van der Waals surface area contributed by atoms with Crippen LogP contribution in [0.15, 0.2) is 60.7 Å². The van der Waals surface area contributed by atoms with E-state index in [9.17, 15) is 26.9 Å². The first-order valence-corrected chi connectivity index (χ1v) is 11.5. The lowest BCUT2D eigenvalue weighted by Gasteiger charge is -2.24. The Balaban J connectivity index is 1.86. The van der Waals surface area contributed by atoms with Crippen LogP contribution in [0.4, 0.5) is 17.6 Å². The van der Waals surface area contributed by atoms with Gasteiger partial charge in [0.15, 0.2) is 17.5 Å². The fraction of sp³-hybridized carbons (Fsp3) is 0.174. The number of halogens is 4.